The van der Waals surface area contributed by atoms with Gasteiger partial charge in [0.1, 0.15) is 0 Å². The quantitative estimate of drug-likeness (QED) is 0.566. The lowest BCUT2D eigenvalue weighted by atomic mass is 9.54. The number of halogens is 2. The van der Waals surface area contributed by atoms with Crippen molar-refractivity contribution in [2.24, 2.45) is 11.3 Å². The Balaban J connectivity index is 1.77. The van der Waals surface area contributed by atoms with E-state index in [-0.39, 0.29) is 48.8 Å². The second-order valence-electron chi connectivity index (χ2n) is 9.71. The Labute approximate surface area is 211 Å². The van der Waals surface area contributed by atoms with Crippen LogP contribution in [0.3, 0.4) is 0 Å². The number of benzene rings is 2. The summed E-state index contributed by atoms with van der Waals surface area (Å²) in [6.07, 6.45) is 2.42. The summed E-state index contributed by atoms with van der Waals surface area (Å²) in [4.78, 5) is 27.3. The van der Waals surface area contributed by atoms with Gasteiger partial charge in [-0.3, -0.25) is 9.59 Å². The minimum absolute atomic E-state index is 0.0442. The summed E-state index contributed by atoms with van der Waals surface area (Å²) in [5, 5.41) is 13.6. The number of hydrogen-bond acceptors (Lipinski definition) is 3. The van der Waals surface area contributed by atoms with Crippen molar-refractivity contribution in [1.29, 1.82) is 0 Å². The van der Waals surface area contributed by atoms with Gasteiger partial charge in [0, 0.05) is 41.2 Å². The zero-order chi connectivity index (χ0) is 24.6. The summed E-state index contributed by atoms with van der Waals surface area (Å²) in [6, 6.07) is 13.5. The number of aliphatic hydroxyl groups is 1. The molecule has 0 aromatic heterocycles. The van der Waals surface area contributed by atoms with E-state index < -0.39 is 5.41 Å². The zero-order valence-electron chi connectivity index (χ0n) is 19.9. The van der Waals surface area contributed by atoms with Crippen LogP contribution in [0.25, 0.3) is 0 Å². The Morgan fingerprint density at radius 3 is 2.53 bits per heavy atom. The second kappa shape index (κ2) is 9.88. The van der Waals surface area contributed by atoms with Gasteiger partial charge in [-0.1, -0.05) is 48.3 Å². The Morgan fingerprint density at radius 1 is 1.21 bits per heavy atom. The van der Waals surface area contributed by atoms with Gasteiger partial charge in [-0.2, -0.15) is 0 Å². The highest BCUT2D eigenvalue weighted by atomic mass is 35.5. The van der Waals surface area contributed by atoms with Gasteiger partial charge >= 0.3 is 0 Å². The van der Waals surface area contributed by atoms with Crippen LogP contribution in [0.2, 0.25) is 10.0 Å². The first-order valence-electron chi connectivity index (χ1n) is 12.0. The average molecular weight is 503 g/mol. The van der Waals surface area contributed by atoms with Crippen molar-refractivity contribution in [2.75, 3.05) is 20.2 Å². The molecule has 1 aliphatic heterocycles. The molecule has 1 saturated carbocycles. The number of nitrogens with zero attached hydrogens (tertiary/aromatic N) is 1. The first kappa shape index (κ1) is 25.0. The number of aliphatic hydroxyl groups excluding tert-OH is 1. The number of carbonyl (C=O) groups is 2. The van der Waals surface area contributed by atoms with Crippen molar-refractivity contribution in [3.05, 3.63) is 69.2 Å². The Morgan fingerprint density at radius 2 is 1.91 bits per heavy atom. The van der Waals surface area contributed by atoms with E-state index >= 15 is 0 Å². The SMILES string of the molecule is CC[C@@]12CC[C@@H](c3ccc(C(=O)N(C)CCO)cc3Cl)[C@H](c3ccc(Cl)cc3)[C@@H]1[C@@H](C)NC2=O. The van der Waals surface area contributed by atoms with E-state index in [9.17, 15) is 9.59 Å². The molecule has 34 heavy (non-hydrogen) atoms. The summed E-state index contributed by atoms with van der Waals surface area (Å²) < 4.78 is 0. The fourth-order valence-corrected chi connectivity index (χ4v) is 6.77. The molecule has 2 aromatic carbocycles. The first-order valence-corrected chi connectivity index (χ1v) is 12.7. The number of hydrogen-bond donors (Lipinski definition) is 2. The van der Waals surface area contributed by atoms with Gasteiger partial charge in [-0.15, -0.1) is 0 Å². The van der Waals surface area contributed by atoms with E-state index in [1.54, 1.807) is 13.1 Å². The third kappa shape index (κ3) is 4.23. The molecule has 2 amide bonds. The largest absolute Gasteiger partial charge is 0.395 e. The van der Waals surface area contributed by atoms with Crippen LogP contribution in [0.1, 0.15) is 66.4 Å². The molecular formula is C27H32Cl2N2O3. The molecule has 4 rings (SSSR count). The standard InChI is InChI=1S/C27H32Cl2N2O3/c1-4-27-12-11-21(20-10-7-18(15-22(20)29)25(33)31(3)13-14-32)23(17-5-8-19(28)9-6-17)24(27)16(2)30-26(27)34/h5-10,15-16,21,23-24,32H,4,11-14H2,1-3H3,(H,30,34)/t16-,21+,23+,24+,27-/m1/s1. The molecule has 5 nitrogen and oxygen atoms in total. The molecule has 1 aliphatic carbocycles. The molecule has 5 atom stereocenters. The molecule has 0 radical (unpaired) electrons. The maximum absolute atomic E-state index is 13.1. The van der Waals surface area contributed by atoms with Crippen LogP contribution < -0.4 is 5.32 Å². The minimum atomic E-state index is -0.393. The van der Waals surface area contributed by atoms with Crippen molar-refractivity contribution < 1.29 is 14.7 Å². The van der Waals surface area contributed by atoms with Crippen LogP contribution in [0.5, 0.6) is 0 Å². The summed E-state index contributed by atoms with van der Waals surface area (Å²) in [5.74, 6) is 0.287. The molecule has 0 spiro atoms. The average Bonchev–Trinajstić information content (AvgIpc) is 3.08. The first-order chi connectivity index (χ1) is 16.2. The number of amides is 2. The fourth-order valence-electron chi connectivity index (χ4n) is 6.33. The second-order valence-corrected chi connectivity index (χ2v) is 10.6. The highest BCUT2D eigenvalue weighted by Crippen LogP contribution is 2.60. The highest BCUT2D eigenvalue weighted by Gasteiger charge is 2.59. The van der Waals surface area contributed by atoms with Gasteiger partial charge in [0.2, 0.25) is 5.91 Å². The van der Waals surface area contributed by atoms with E-state index in [1.165, 1.54) is 4.90 Å². The third-order valence-electron chi connectivity index (χ3n) is 8.02. The van der Waals surface area contributed by atoms with Crippen molar-refractivity contribution in [3.63, 3.8) is 0 Å². The third-order valence-corrected chi connectivity index (χ3v) is 8.60. The number of likely N-dealkylation sites (N-methyl/N-ethyl adjacent to an activating group) is 1. The lowest BCUT2D eigenvalue weighted by molar-refractivity contribution is -0.131. The zero-order valence-corrected chi connectivity index (χ0v) is 21.4. The molecule has 1 heterocycles. The molecule has 2 fully saturated rings. The predicted octanol–water partition coefficient (Wildman–Crippen LogP) is 5.25. The van der Waals surface area contributed by atoms with Crippen molar-refractivity contribution >= 4 is 35.0 Å². The van der Waals surface area contributed by atoms with Crippen LogP contribution in [0.15, 0.2) is 42.5 Å². The minimum Gasteiger partial charge on any atom is -0.395 e. The Bertz CT molecular complexity index is 1070. The summed E-state index contributed by atoms with van der Waals surface area (Å²) >= 11 is 13.0. The summed E-state index contributed by atoms with van der Waals surface area (Å²) in [7, 11) is 1.66. The van der Waals surface area contributed by atoms with Crippen LogP contribution in [0, 0.1) is 11.3 Å². The fraction of sp³-hybridized carbons (Fsp3) is 0.481. The Hall–Kier alpha value is -2.08. The topological polar surface area (TPSA) is 69.6 Å². The van der Waals surface area contributed by atoms with Crippen molar-refractivity contribution in [2.45, 2.75) is 51.0 Å². The Kier molecular flexibility index (Phi) is 7.28. The number of nitrogens with one attached hydrogen (secondary N) is 1. The van der Waals surface area contributed by atoms with Gasteiger partial charge in [0.05, 0.1) is 12.0 Å². The molecule has 1 saturated heterocycles. The van der Waals surface area contributed by atoms with E-state index in [1.807, 2.05) is 24.3 Å². The van der Waals surface area contributed by atoms with E-state index in [0.29, 0.717) is 15.6 Å². The van der Waals surface area contributed by atoms with Gasteiger partial charge in [0.25, 0.3) is 5.91 Å². The molecule has 2 aromatic rings. The molecule has 0 bridgehead atoms. The van der Waals surface area contributed by atoms with Gasteiger partial charge in [-0.05, 0) is 73.4 Å². The van der Waals surface area contributed by atoms with Gasteiger partial charge in [-0.25, -0.2) is 0 Å². The van der Waals surface area contributed by atoms with Crippen LogP contribution >= 0.6 is 23.2 Å². The number of rotatable bonds is 6. The monoisotopic (exact) mass is 502 g/mol. The molecular weight excluding hydrogens is 471 g/mol. The normalized spacial score (nSPS) is 28.4. The van der Waals surface area contributed by atoms with Crippen LogP contribution in [-0.4, -0.2) is 48.1 Å². The molecule has 2 aliphatic rings. The number of fused-ring (bicyclic) bond motifs is 1. The van der Waals surface area contributed by atoms with E-state index in [2.05, 4.69) is 31.3 Å². The maximum atomic E-state index is 13.1. The summed E-state index contributed by atoms with van der Waals surface area (Å²) in [5.41, 5.74) is 2.26. The lowest BCUT2D eigenvalue weighted by Gasteiger charge is -2.47. The summed E-state index contributed by atoms with van der Waals surface area (Å²) in [6.45, 7) is 4.38. The van der Waals surface area contributed by atoms with Crippen LogP contribution in [0.4, 0.5) is 0 Å². The maximum Gasteiger partial charge on any atom is 0.253 e. The van der Waals surface area contributed by atoms with E-state index in [0.717, 1.165) is 30.4 Å². The molecule has 182 valence electrons. The molecule has 2 N–H and O–H groups in total. The van der Waals surface area contributed by atoms with E-state index in [4.69, 9.17) is 28.3 Å². The van der Waals surface area contributed by atoms with Gasteiger partial charge in [0.15, 0.2) is 0 Å². The molecule has 0 unspecified atom stereocenters. The number of carbonyl (C=O) groups excluding carboxylic acids is 2. The predicted molar refractivity (Wildman–Crippen MR) is 135 cm³/mol. The van der Waals surface area contributed by atoms with Crippen molar-refractivity contribution in [1.82, 2.24) is 10.2 Å². The molecule has 7 heteroatoms. The van der Waals surface area contributed by atoms with Crippen molar-refractivity contribution in [3.8, 4) is 0 Å². The lowest BCUT2D eigenvalue weighted by Crippen LogP contribution is -2.43. The van der Waals surface area contributed by atoms with Crippen LogP contribution in [-0.2, 0) is 4.79 Å². The smallest absolute Gasteiger partial charge is 0.253 e. The van der Waals surface area contributed by atoms with Gasteiger partial charge < -0.3 is 15.3 Å². The highest BCUT2D eigenvalue weighted by molar-refractivity contribution is 6.32.